The van der Waals surface area contributed by atoms with E-state index in [-0.39, 0.29) is 17.1 Å². The third kappa shape index (κ3) is 1.95. The molecule has 0 fully saturated rings. The van der Waals surface area contributed by atoms with Crippen LogP contribution in [0.4, 0.5) is 0 Å². The first-order valence-electron chi connectivity index (χ1n) is 5.48. The summed E-state index contributed by atoms with van der Waals surface area (Å²) >= 11 is 0. The van der Waals surface area contributed by atoms with Crippen LogP contribution in [0.2, 0.25) is 0 Å². The molecule has 7 heteroatoms. The van der Waals surface area contributed by atoms with Gasteiger partial charge >= 0.3 is 0 Å². The van der Waals surface area contributed by atoms with Gasteiger partial charge in [-0.3, -0.25) is 4.79 Å². The average Bonchev–Trinajstić information content (AvgIpc) is 2.55. The van der Waals surface area contributed by atoms with Crippen LogP contribution in [-0.4, -0.2) is 30.2 Å². The van der Waals surface area contributed by atoms with E-state index in [0.29, 0.717) is 19.3 Å². The zero-order valence-electron chi connectivity index (χ0n) is 9.54. The molecule has 0 spiro atoms. The number of hydrogen-bond acceptors (Lipinski definition) is 5. The van der Waals surface area contributed by atoms with Crippen molar-refractivity contribution in [2.45, 2.75) is 24.3 Å². The second-order valence-corrected chi connectivity index (χ2v) is 5.63. The van der Waals surface area contributed by atoms with Crippen molar-refractivity contribution in [3.05, 3.63) is 23.9 Å². The highest BCUT2D eigenvalue weighted by Gasteiger charge is 2.41. The number of unbranched alkanes of at least 4 members (excludes halogenated alkanes) is 2. The van der Waals surface area contributed by atoms with Crippen LogP contribution in [0.1, 0.15) is 29.6 Å². The minimum Gasteiger partial charge on any atom is -0.268 e. The number of carbonyl (C=O) groups excluding carboxylic acids is 1. The summed E-state index contributed by atoms with van der Waals surface area (Å²) in [4.78, 5) is 15.7. The highest BCUT2D eigenvalue weighted by Crippen LogP contribution is 2.28. The van der Waals surface area contributed by atoms with E-state index in [1.54, 1.807) is 0 Å². The monoisotopic (exact) mass is 265 g/mol. The number of fused-ring (bicyclic) bond motifs is 1. The van der Waals surface area contributed by atoms with Crippen molar-refractivity contribution in [1.29, 1.82) is 5.26 Å². The topological polar surface area (TPSA) is 91.1 Å². The second kappa shape index (κ2) is 4.74. The van der Waals surface area contributed by atoms with E-state index < -0.39 is 15.9 Å². The summed E-state index contributed by atoms with van der Waals surface area (Å²) in [6.07, 6.45) is 2.75. The third-order valence-corrected chi connectivity index (χ3v) is 4.41. The number of pyridine rings is 1. The summed E-state index contributed by atoms with van der Waals surface area (Å²) in [5.74, 6) is -0.532. The summed E-state index contributed by atoms with van der Waals surface area (Å²) in [5, 5.41) is 8.23. The molecule has 0 bridgehead atoms. The molecule has 1 aromatic heterocycles. The van der Waals surface area contributed by atoms with Gasteiger partial charge in [-0.1, -0.05) is 0 Å². The van der Waals surface area contributed by atoms with E-state index in [4.69, 9.17) is 5.26 Å². The Morgan fingerprint density at radius 1 is 1.39 bits per heavy atom. The first-order valence-corrected chi connectivity index (χ1v) is 6.92. The molecule has 0 aliphatic carbocycles. The molecule has 94 valence electrons. The molecule has 6 nitrogen and oxygen atoms in total. The van der Waals surface area contributed by atoms with Gasteiger partial charge < -0.3 is 0 Å². The van der Waals surface area contributed by atoms with Crippen LogP contribution in [0.3, 0.4) is 0 Å². The molecule has 1 aliphatic rings. The Hall–Kier alpha value is -1.94. The normalized spacial score (nSPS) is 16.4. The zero-order chi connectivity index (χ0) is 13.2. The lowest BCUT2D eigenvalue weighted by molar-refractivity contribution is 0.0869. The molecule has 0 atom stereocenters. The fourth-order valence-electron chi connectivity index (χ4n) is 1.79. The maximum atomic E-state index is 12.0. The van der Waals surface area contributed by atoms with Crippen molar-refractivity contribution in [3.8, 4) is 6.07 Å². The lowest BCUT2D eigenvalue weighted by Gasteiger charge is -2.13. The predicted octanol–water partition coefficient (Wildman–Crippen LogP) is 0.920. The summed E-state index contributed by atoms with van der Waals surface area (Å²) in [5.41, 5.74) is 0.123. The van der Waals surface area contributed by atoms with Gasteiger partial charge in [-0.25, -0.2) is 9.29 Å². The van der Waals surface area contributed by atoms with Crippen LogP contribution in [0.25, 0.3) is 0 Å². The number of sulfonamides is 1. The van der Waals surface area contributed by atoms with Crippen molar-refractivity contribution < 1.29 is 13.2 Å². The fraction of sp³-hybridized carbons (Fsp3) is 0.364. The van der Waals surface area contributed by atoms with Gasteiger partial charge in [0.1, 0.15) is 0 Å². The Balaban J connectivity index is 2.21. The lowest BCUT2D eigenvalue weighted by Crippen LogP contribution is -2.31. The summed E-state index contributed by atoms with van der Waals surface area (Å²) < 4.78 is 24.9. The number of rotatable bonds is 4. The maximum Gasteiger partial charge on any atom is 0.285 e. The van der Waals surface area contributed by atoms with Crippen LogP contribution >= 0.6 is 0 Å². The van der Waals surface area contributed by atoms with Crippen LogP contribution in [0.15, 0.2) is 23.4 Å². The quantitative estimate of drug-likeness (QED) is 0.755. The molecule has 0 saturated heterocycles. The minimum absolute atomic E-state index is 0.0964. The molecule has 0 radical (unpaired) electrons. The first kappa shape index (κ1) is 12.5. The molecule has 0 unspecified atom stereocenters. The zero-order valence-corrected chi connectivity index (χ0v) is 10.4. The van der Waals surface area contributed by atoms with Gasteiger partial charge in [-0.15, -0.1) is 0 Å². The Morgan fingerprint density at radius 2 is 2.17 bits per heavy atom. The van der Waals surface area contributed by atoms with Gasteiger partial charge in [0.05, 0.1) is 11.6 Å². The van der Waals surface area contributed by atoms with Crippen molar-refractivity contribution >= 4 is 15.9 Å². The Bertz CT molecular complexity index is 619. The molecular formula is C11H11N3O3S. The van der Waals surface area contributed by atoms with E-state index in [1.807, 2.05) is 6.07 Å². The number of carbonyl (C=O) groups is 1. The summed E-state index contributed by atoms with van der Waals surface area (Å²) in [6.45, 7) is 0.0964. The van der Waals surface area contributed by atoms with Gasteiger partial charge in [-0.05, 0) is 25.0 Å². The molecule has 0 N–H and O–H groups in total. The maximum absolute atomic E-state index is 12.0. The Morgan fingerprint density at radius 3 is 2.83 bits per heavy atom. The van der Waals surface area contributed by atoms with Crippen molar-refractivity contribution in [2.75, 3.05) is 6.54 Å². The van der Waals surface area contributed by atoms with Crippen LogP contribution in [-0.2, 0) is 10.0 Å². The number of hydrogen-bond donors (Lipinski definition) is 0. The number of aromatic nitrogens is 1. The first-order chi connectivity index (χ1) is 8.59. The highest BCUT2D eigenvalue weighted by atomic mass is 32.2. The van der Waals surface area contributed by atoms with Gasteiger partial charge in [0.15, 0.2) is 5.03 Å². The smallest absolute Gasteiger partial charge is 0.268 e. The molecule has 0 aromatic carbocycles. The summed E-state index contributed by atoms with van der Waals surface area (Å²) in [7, 11) is -3.79. The molecule has 1 aliphatic heterocycles. The highest BCUT2D eigenvalue weighted by molar-refractivity contribution is 7.90. The van der Waals surface area contributed by atoms with Gasteiger partial charge in [0.2, 0.25) is 0 Å². The third-order valence-electron chi connectivity index (χ3n) is 2.66. The van der Waals surface area contributed by atoms with E-state index in [2.05, 4.69) is 4.98 Å². The van der Waals surface area contributed by atoms with Gasteiger partial charge in [-0.2, -0.15) is 13.7 Å². The molecule has 1 amide bonds. The Kier molecular flexibility index (Phi) is 3.30. The fourth-order valence-corrected chi connectivity index (χ4v) is 3.31. The van der Waals surface area contributed by atoms with E-state index in [9.17, 15) is 13.2 Å². The minimum atomic E-state index is -3.79. The lowest BCUT2D eigenvalue weighted by atomic mass is 10.2. The standard InChI is InChI=1S/C11H11N3O3S/c12-6-2-1-3-8-14-11(15)9-5-4-7-13-10(9)18(14,16)17/h4-5,7H,1-3,8H2. The van der Waals surface area contributed by atoms with Crippen LogP contribution in [0, 0.1) is 11.3 Å². The predicted molar refractivity (Wildman–Crippen MR) is 61.9 cm³/mol. The number of amides is 1. The van der Waals surface area contributed by atoms with Crippen LogP contribution < -0.4 is 0 Å². The largest absolute Gasteiger partial charge is 0.285 e. The van der Waals surface area contributed by atoms with Gasteiger partial charge in [0.25, 0.3) is 15.9 Å². The van der Waals surface area contributed by atoms with E-state index in [0.717, 1.165) is 4.31 Å². The molecule has 2 rings (SSSR count). The number of nitriles is 1. The second-order valence-electron chi connectivity index (χ2n) is 3.85. The number of nitrogens with zero attached hydrogens (tertiary/aromatic N) is 3. The van der Waals surface area contributed by atoms with Crippen molar-refractivity contribution in [3.63, 3.8) is 0 Å². The summed E-state index contributed by atoms with van der Waals surface area (Å²) in [6, 6.07) is 4.97. The SMILES string of the molecule is N#CCCCCN1C(=O)c2cccnc2S1(=O)=O. The molecule has 1 aromatic rings. The molecular weight excluding hydrogens is 254 g/mol. The molecule has 2 heterocycles. The Labute approximate surface area is 105 Å². The average molecular weight is 265 g/mol. The molecule has 18 heavy (non-hydrogen) atoms. The molecule has 0 saturated carbocycles. The van der Waals surface area contributed by atoms with Gasteiger partial charge in [0, 0.05) is 19.2 Å². The van der Waals surface area contributed by atoms with E-state index in [1.165, 1.54) is 18.3 Å². The van der Waals surface area contributed by atoms with E-state index >= 15 is 0 Å². The van der Waals surface area contributed by atoms with Crippen molar-refractivity contribution in [1.82, 2.24) is 9.29 Å². The van der Waals surface area contributed by atoms with Crippen LogP contribution in [0.5, 0.6) is 0 Å². The van der Waals surface area contributed by atoms with Crippen molar-refractivity contribution in [2.24, 2.45) is 0 Å².